The van der Waals surface area contributed by atoms with E-state index in [9.17, 15) is 4.79 Å². The van der Waals surface area contributed by atoms with Gasteiger partial charge in [0.05, 0.1) is 5.69 Å². The Kier molecular flexibility index (Phi) is 5.92. The second-order valence-corrected chi connectivity index (χ2v) is 10.5. The maximum Gasteiger partial charge on any atom is 0.229 e. The van der Waals surface area contributed by atoms with E-state index in [2.05, 4.69) is 21.4 Å². The van der Waals surface area contributed by atoms with Crippen LogP contribution < -0.4 is 5.32 Å². The van der Waals surface area contributed by atoms with E-state index in [0.717, 1.165) is 47.5 Å². The van der Waals surface area contributed by atoms with Crippen LogP contribution >= 0.6 is 0 Å². The van der Waals surface area contributed by atoms with Gasteiger partial charge in [0.25, 0.3) is 0 Å². The van der Waals surface area contributed by atoms with Gasteiger partial charge < -0.3 is 9.88 Å². The largest absolute Gasteiger partial charge is 0.350 e. The number of carbonyl (C=O) groups is 1. The van der Waals surface area contributed by atoms with Crippen LogP contribution in [0.15, 0.2) is 42.9 Å². The molecule has 1 aromatic carbocycles. The minimum atomic E-state index is -0.454. The Morgan fingerprint density at radius 3 is 2.63 bits per heavy atom. The quantitative estimate of drug-likeness (QED) is 0.397. The number of hydrogen-bond acceptors (Lipinski definition) is 6. The highest BCUT2D eigenvalue weighted by Gasteiger charge is 2.26. The first-order valence-electron chi connectivity index (χ1n) is 12.2. The van der Waals surface area contributed by atoms with Gasteiger partial charge in [-0.3, -0.25) is 9.69 Å². The fourth-order valence-corrected chi connectivity index (χ4v) is 4.67. The molecule has 0 atom stereocenters. The first-order valence-corrected chi connectivity index (χ1v) is 12.2. The van der Waals surface area contributed by atoms with E-state index in [1.807, 2.05) is 74.5 Å². The second-order valence-electron chi connectivity index (χ2n) is 10.5. The zero-order chi connectivity index (χ0) is 24.7. The van der Waals surface area contributed by atoms with Crippen LogP contribution in [-0.4, -0.2) is 48.1 Å². The number of fused-ring (bicyclic) bond motifs is 1. The van der Waals surface area contributed by atoms with Crippen molar-refractivity contribution in [1.82, 2.24) is 29.2 Å². The minimum absolute atomic E-state index is 0.122. The average molecular weight is 472 g/mol. The molecular weight excluding hydrogens is 438 g/mol. The predicted molar refractivity (Wildman–Crippen MR) is 138 cm³/mol. The van der Waals surface area contributed by atoms with Gasteiger partial charge in [0, 0.05) is 71.4 Å². The van der Waals surface area contributed by atoms with Crippen molar-refractivity contribution < 1.29 is 4.79 Å². The van der Waals surface area contributed by atoms with E-state index in [1.54, 1.807) is 6.20 Å². The molecule has 5 rings (SSSR count). The molecule has 1 aliphatic heterocycles. The molecular formula is C27H33N7O. The molecule has 3 aromatic heterocycles. The number of hydrogen-bond donors (Lipinski definition) is 1. The summed E-state index contributed by atoms with van der Waals surface area (Å²) in [6.07, 6.45) is 8.26. The van der Waals surface area contributed by atoms with Crippen molar-refractivity contribution >= 4 is 28.3 Å². The fourth-order valence-electron chi connectivity index (χ4n) is 4.67. The normalized spacial score (nSPS) is 14.7. The summed E-state index contributed by atoms with van der Waals surface area (Å²) in [6, 6.07) is 7.85. The van der Waals surface area contributed by atoms with Gasteiger partial charge in [0.1, 0.15) is 0 Å². The maximum absolute atomic E-state index is 13.0. The summed E-state index contributed by atoms with van der Waals surface area (Å²) in [7, 11) is 1.96. The Labute approximate surface area is 206 Å². The van der Waals surface area contributed by atoms with Crippen molar-refractivity contribution in [2.24, 2.45) is 12.5 Å². The molecule has 0 unspecified atom stereocenters. The first-order chi connectivity index (χ1) is 16.7. The Bertz CT molecular complexity index is 1390. The topological polar surface area (TPSA) is 80.9 Å². The van der Waals surface area contributed by atoms with Gasteiger partial charge in [0.15, 0.2) is 11.6 Å². The van der Waals surface area contributed by atoms with Crippen molar-refractivity contribution in [3.05, 3.63) is 59.7 Å². The third kappa shape index (κ3) is 4.71. The molecule has 0 amide bonds. The third-order valence-corrected chi connectivity index (χ3v) is 6.64. The smallest absolute Gasteiger partial charge is 0.229 e. The van der Waals surface area contributed by atoms with Gasteiger partial charge >= 0.3 is 0 Å². The van der Waals surface area contributed by atoms with Crippen LogP contribution in [0.2, 0.25) is 0 Å². The number of aryl methyl sites for hydroxylation is 2. The maximum atomic E-state index is 13.0. The lowest BCUT2D eigenvalue weighted by Gasteiger charge is -2.16. The molecule has 8 heteroatoms. The number of anilines is 2. The lowest BCUT2D eigenvalue weighted by Crippen LogP contribution is -2.19. The van der Waals surface area contributed by atoms with Gasteiger partial charge in [-0.05, 0) is 51.1 Å². The standard InChI is InChI=1S/C27H33N7O/c1-18-19(15-33-12-6-7-13-33)16-34(31-18)24-10-11-28-26(30-24)29-20-8-9-23-21(14-20)22(17-32(23)5)25(35)27(2,3)4/h8-11,14,16-17H,6-7,12-13,15H2,1-5H3,(H,28,29,30). The summed E-state index contributed by atoms with van der Waals surface area (Å²) in [5.41, 5.74) is 4.36. The van der Waals surface area contributed by atoms with Gasteiger partial charge in [0.2, 0.25) is 5.95 Å². The van der Waals surface area contributed by atoms with Crippen molar-refractivity contribution in [3.8, 4) is 5.82 Å². The molecule has 8 nitrogen and oxygen atoms in total. The molecule has 1 N–H and O–H groups in total. The van der Waals surface area contributed by atoms with E-state index in [4.69, 9.17) is 10.1 Å². The van der Waals surface area contributed by atoms with Crippen LogP contribution in [0.5, 0.6) is 0 Å². The molecule has 1 saturated heterocycles. The van der Waals surface area contributed by atoms with Crippen molar-refractivity contribution in [2.45, 2.75) is 47.1 Å². The van der Waals surface area contributed by atoms with E-state index in [0.29, 0.717) is 11.8 Å². The van der Waals surface area contributed by atoms with Crippen molar-refractivity contribution in [1.29, 1.82) is 0 Å². The Morgan fingerprint density at radius 2 is 1.89 bits per heavy atom. The number of rotatable bonds is 6. The minimum Gasteiger partial charge on any atom is -0.350 e. The number of likely N-dealkylation sites (tertiary alicyclic amines) is 1. The summed E-state index contributed by atoms with van der Waals surface area (Å²) in [4.78, 5) is 24.6. The lowest BCUT2D eigenvalue weighted by atomic mass is 9.86. The van der Waals surface area contributed by atoms with Crippen LogP contribution in [0.3, 0.4) is 0 Å². The van der Waals surface area contributed by atoms with Gasteiger partial charge in [-0.2, -0.15) is 10.1 Å². The monoisotopic (exact) mass is 471 g/mol. The molecule has 0 radical (unpaired) electrons. The van der Waals surface area contributed by atoms with Crippen LogP contribution in [0.25, 0.3) is 16.7 Å². The number of ketones is 1. The number of benzene rings is 1. The van der Waals surface area contributed by atoms with Crippen molar-refractivity contribution in [2.75, 3.05) is 18.4 Å². The highest BCUT2D eigenvalue weighted by Crippen LogP contribution is 2.30. The lowest BCUT2D eigenvalue weighted by molar-refractivity contribution is 0.0860. The van der Waals surface area contributed by atoms with E-state index >= 15 is 0 Å². The number of nitrogens with one attached hydrogen (secondary N) is 1. The molecule has 0 aliphatic carbocycles. The van der Waals surface area contributed by atoms with Crippen LogP contribution in [0, 0.1) is 12.3 Å². The summed E-state index contributed by atoms with van der Waals surface area (Å²) in [5.74, 6) is 1.32. The molecule has 182 valence electrons. The van der Waals surface area contributed by atoms with E-state index in [1.165, 1.54) is 18.4 Å². The summed E-state index contributed by atoms with van der Waals surface area (Å²) < 4.78 is 3.82. The summed E-state index contributed by atoms with van der Waals surface area (Å²) >= 11 is 0. The zero-order valence-electron chi connectivity index (χ0n) is 21.2. The summed E-state index contributed by atoms with van der Waals surface area (Å²) in [6.45, 7) is 11.1. The number of Topliss-reactive ketones (excluding diaryl/α,β-unsaturated/α-hetero) is 1. The van der Waals surface area contributed by atoms with Crippen molar-refractivity contribution in [3.63, 3.8) is 0 Å². The second kappa shape index (κ2) is 8.92. The highest BCUT2D eigenvalue weighted by molar-refractivity contribution is 6.11. The SMILES string of the molecule is Cc1nn(-c2ccnc(Nc3ccc4c(c3)c(C(=O)C(C)(C)C)cn4C)n2)cc1CN1CCCC1. The van der Waals surface area contributed by atoms with Gasteiger partial charge in [-0.25, -0.2) is 9.67 Å². The molecule has 1 fully saturated rings. The van der Waals surface area contributed by atoms with E-state index < -0.39 is 5.41 Å². The Morgan fingerprint density at radius 1 is 1.11 bits per heavy atom. The molecule has 0 spiro atoms. The number of aromatic nitrogens is 5. The predicted octanol–water partition coefficient (Wildman–Crippen LogP) is 5.03. The number of carbonyl (C=O) groups excluding carboxylic acids is 1. The third-order valence-electron chi connectivity index (χ3n) is 6.64. The van der Waals surface area contributed by atoms with Crippen LogP contribution in [0.4, 0.5) is 11.6 Å². The van der Waals surface area contributed by atoms with E-state index in [-0.39, 0.29) is 5.78 Å². The molecule has 1 aliphatic rings. The highest BCUT2D eigenvalue weighted by atomic mass is 16.1. The molecule has 4 aromatic rings. The average Bonchev–Trinajstić information content (AvgIpc) is 3.53. The molecule has 35 heavy (non-hydrogen) atoms. The molecule has 4 heterocycles. The van der Waals surface area contributed by atoms with Gasteiger partial charge in [-0.15, -0.1) is 0 Å². The van der Waals surface area contributed by atoms with Crippen LogP contribution in [0.1, 0.15) is 55.2 Å². The summed E-state index contributed by atoms with van der Waals surface area (Å²) in [5, 5.41) is 8.93. The Hall–Kier alpha value is -3.52. The molecule has 0 saturated carbocycles. The van der Waals surface area contributed by atoms with Crippen LogP contribution in [-0.2, 0) is 13.6 Å². The zero-order valence-corrected chi connectivity index (χ0v) is 21.2. The Balaban J connectivity index is 1.41. The first kappa shape index (κ1) is 23.2. The van der Waals surface area contributed by atoms with Gasteiger partial charge in [-0.1, -0.05) is 20.8 Å². The molecule has 0 bridgehead atoms. The fraction of sp³-hybridized carbons (Fsp3) is 0.407. The number of nitrogens with zero attached hydrogens (tertiary/aromatic N) is 6.